The van der Waals surface area contributed by atoms with Crippen molar-refractivity contribution in [3.05, 3.63) is 35.4 Å². The molecule has 0 unspecified atom stereocenters. The number of benzene rings is 1. The third-order valence-corrected chi connectivity index (χ3v) is 1.73. The summed E-state index contributed by atoms with van der Waals surface area (Å²) in [6, 6.07) is 7.05. The van der Waals surface area contributed by atoms with E-state index < -0.39 is 5.97 Å². The monoisotopic (exact) mass is 187 g/mol. The molecule has 0 aliphatic heterocycles. The molecule has 0 spiro atoms. The topological polar surface area (TPSA) is 40.5 Å². The Bertz CT molecular complexity index is 318. The molecule has 1 aromatic carbocycles. The van der Waals surface area contributed by atoms with Gasteiger partial charge in [-0.2, -0.15) is 0 Å². The minimum absolute atomic E-state index is 0. The predicted molar refractivity (Wildman–Crippen MR) is 51.9 cm³/mol. The fourth-order valence-corrected chi connectivity index (χ4v) is 1.21. The number of carbonyl (C=O) groups is 1. The SMILES string of the molecule is CN(C)Cc1ccccc1C(=O)O.[H-].[Li+]. The second-order valence-electron chi connectivity index (χ2n) is 3.20. The maximum absolute atomic E-state index is 10.8. The van der Waals surface area contributed by atoms with E-state index >= 15 is 0 Å². The number of hydrogen-bond donors (Lipinski definition) is 1. The van der Waals surface area contributed by atoms with Crippen molar-refractivity contribution in [1.82, 2.24) is 4.90 Å². The first-order chi connectivity index (χ1) is 6.11. The van der Waals surface area contributed by atoms with E-state index in [0.717, 1.165) is 5.56 Å². The van der Waals surface area contributed by atoms with E-state index in [4.69, 9.17) is 5.11 Å². The average molecular weight is 187 g/mol. The summed E-state index contributed by atoms with van der Waals surface area (Å²) in [6.07, 6.45) is 0. The standard InChI is InChI=1S/C10H13NO2.Li.H/c1-11(2)7-8-5-3-4-6-9(8)10(12)13;;/h3-6H,7H2,1-2H3,(H,12,13);;/q;+1;-1. The van der Waals surface area contributed by atoms with Crippen LogP contribution in [-0.2, 0) is 6.54 Å². The van der Waals surface area contributed by atoms with Crippen molar-refractivity contribution in [3.8, 4) is 0 Å². The van der Waals surface area contributed by atoms with Crippen LogP contribution in [0.25, 0.3) is 0 Å². The molecule has 1 rings (SSSR count). The molecule has 0 radical (unpaired) electrons. The summed E-state index contributed by atoms with van der Waals surface area (Å²) >= 11 is 0. The maximum Gasteiger partial charge on any atom is 1.00 e. The van der Waals surface area contributed by atoms with Gasteiger partial charge in [0, 0.05) is 6.54 Å². The van der Waals surface area contributed by atoms with Gasteiger partial charge in [-0.05, 0) is 25.7 Å². The van der Waals surface area contributed by atoms with Crippen molar-refractivity contribution < 1.29 is 30.2 Å². The Morgan fingerprint density at radius 1 is 1.43 bits per heavy atom. The summed E-state index contributed by atoms with van der Waals surface area (Å²) in [4.78, 5) is 12.7. The van der Waals surface area contributed by atoms with Crippen LogP contribution in [0, 0.1) is 0 Å². The van der Waals surface area contributed by atoms with E-state index in [9.17, 15) is 4.79 Å². The van der Waals surface area contributed by atoms with Gasteiger partial charge < -0.3 is 11.4 Å². The predicted octanol–water partition coefficient (Wildman–Crippen LogP) is -1.44. The second kappa shape index (κ2) is 5.87. The normalized spacial score (nSPS) is 9.64. The van der Waals surface area contributed by atoms with Gasteiger partial charge in [-0.15, -0.1) is 0 Å². The molecule has 14 heavy (non-hydrogen) atoms. The Morgan fingerprint density at radius 3 is 2.50 bits per heavy atom. The van der Waals surface area contributed by atoms with E-state index in [1.165, 1.54) is 0 Å². The second-order valence-corrected chi connectivity index (χ2v) is 3.20. The summed E-state index contributed by atoms with van der Waals surface area (Å²) in [5.74, 6) is -0.863. The molecule has 72 valence electrons. The molecule has 0 fully saturated rings. The van der Waals surface area contributed by atoms with Crippen molar-refractivity contribution in [2.24, 2.45) is 0 Å². The van der Waals surface area contributed by atoms with Crippen LogP contribution in [0.3, 0.4) is 0 Å². The zero-order chi connectivity index (χ0) is 9.84. The summed E-state index contributed by atoms with van der Waals surface area (Å²) < 4.78 is 0. The minimum atomic E-state index is -0.863. The van der Waals surface area contributed by atoms with Crippen LogP contribution >= 0.6 is 0 Å². The molecule has 0 atom stereocenters. The summed E-state index contributed by atoms with van der Waals surface area (Å²) in [5.41, 5.74) is 1.23. The van der Waals surface area contributed by atoms with Gasteiger partial charge in [-0.3, -0.25) is 0 Å². The number of carboxylic acid groups (broad SMARTS) is 1. The van der Waals surface area contributed by atoms with Gasteiger partial charge in [0.2, 0.25) is 0 Å². The zero-order valence-electron chi connectivity index (χ0n) is 9.82. The minimum Gasteiger partial charge on any atom is -1.00 e. The molecule has 1 aromatic rings. The van der Waals surface area contributed by atoms with Gasteiger partial charge in [0.05, 0.1) is 5.56 Å². The van der Waals surface area contributed by atoms with E-state index in [-0.39, 0.29) is 20.3 Å². The molecule has 1 N–H and O–H groups in total. The fourth-order valence-electron chi connectivity index (χ4n) is 1.21. The van der Waals surface area contributed by atoms with Crippen molar-refractivity contribution in [2.75, 3.05) is 14.1 Å². The Morgan fingerprint density at radius 2 is 2.00 bits per heavy atom. The molecular formula is C10H14LiNO2. The molecule has 0 saturated heterocycles. The van der Waals surface area contributed by atoms with Gasteiger partial charge in [0.15, 0.2) is 0 Å². The van der Waals surface area contributed by atoms with E-state index in [1.807, 2.05) is 31.1 Å². The van der Waals surface area contributed by atoms with Crippen LogP contribution in [0.15, 0.2) is 24.3 Å². The van der Waals surface area contributed by atoms with Crippen molar-refractivity contribution in [3.63, 3.8) is 0 Å². The molecule has 0 bridgehead atoms. The Kier molecular flexibility index (Phi) is 5.55. The summed E-state index contributed by atoms with van der Waals surface area (Å²) in [7, 11) is 3.83. The largest absolute Gasteiger partial charge is 1.00 e. The van der Waals surface area contributed by atoms with E-state index in [2.05, 4.69) is 0 Å². The molecule has 0 heterocycles. The van der Waals surface area contributed by atoms with Gasteiger partial charge in [0.25, 0.3) is 0 Å². The van der Waals surface area contributed by atoms with Gasteiger partial charge in [-0.25, -0.2) is 4.79 Å². The van der Waals surface area contributed by atoms with Gasteiger partial charge in [0.1, 0.15) is 0 Å². The van der Waals surface area contributed by atoms with Crippen molar-refractivity contribution in [2.45, 2.75) is 6.54 Å². The number of nitrogens with zero attached hydrogens (tertiary/aromatic N) is 1. The van der Waals surface area contributed by atoms with Crippen molar-refractivity contribution in [1.29, 1.82) is 0 Å². The van der Waals surface area contributed by atoms with Gasteiger partial charge >= 0.3 is 24.8 Å². The van der Waals surface area contributed by atoms with Crippen molar-refractivity contribution >= 4 is 5.97 Å². The molecule has 0 aliphatic rings. The third-order valence-electron chi connectivity index (χ3n) is 1.73. The van der Waals surface area contributed by atoms with E-state index in [1.54, 1.807) is 12.1 Å². The first-order valence-corrected chi connectivity index (χ1v) is 4.07. The summed E-state index contributed by atoms with van der Waals surface area (Å²) in [6.45, 7) is 0.655. The number of rotatable bonds is 3. The molecular weight excluding hydrogens is 173 g/mol. The smallest absolute Gasteiger partial charge is 1.00 e. The molecule has 0 aliphatic carbocycles. The molecule has 4 heteroatoms. The van der Waals surface area contributed by atoms with Crippen LogP contribution in [0.2, 0.25) is 0 Å². The molecule has 0 amide bonds. The molecule has 0 saturated carbocycles. The number of carboxylic acids is 1. The number of aromatic carboxylic acids is 1. The van der Waals surface area contributed by atoms with Gasteiger partial charge in [-0.1, -0.05) is 18.2 Å². The third kappa shape index (κ3) is 3.55. The Labute approximate surface area is 97.4 Å². The molecule has 3 nitrogen and oxygen atoms in total. The van der Waals surface area contributed by atoms with Crippen LogP contribution < -0.4 is 18.9 Å². The van der Waals surface area contributed by atoms with Crippen LogP contribution in [0.1, 0.15) is 17.3 Å². The fraction of sp³-hybridized carbons (Fsp3) is 0.300. The van der Waals surface area contributed by atoms with E-state index in [0.29, 0.717) is 12.1 Å². The zero-order valence-corrected chi connectivity index (χ0v) is 8.82. The Hall–Kier alpha value is -0.753. The first kappa shape index (κ1) is 13.2. The Balaban J connectivity index is 0. The average Bonchev–Trinajstić information content (AvgIpc) is 2.03. The molecule has 0 aromatic heterocycles. The van der Waals surface area contributed by atoms with Crippen LogP contribution in [0.4, 0.5) is 0 Å². The quantitative estimate of drug-likeness (QED) is 0.589. The maximum atomic E-state index is 10.8. The summed E-state index contributed by atoms with van der Waals surface area (Å²) in [5, 5.41) is 8.86. The van der Waals surface area contributed by atoms with Crippen LogP contribution in [0.5, 0.6) is 0 Å². The number of hydrogen-bond acceptors (Lipinski definition) is 2. The van der Waals surface area contributed by atoms with Crippen LogP contribution in [-0.4, -0.2) is 30.1 Å². The first-order valence-electron chi connectivity index (χ1n) is 4.07.